The molecule has 0 aromatic heterocycles. The molecular formula is C67H67Cl3N4O8S2. The van der Waals surface area contributed by atoms with E-state index in [0.717, 1.165) is 44.6 Å². The van der Waals surface area contributed by atoms with E-state index in [0.29, 0.717) is 46.1 Å². The van der Waals surface area contributed by atoms with E-state index in [1.165, 1.54) is 4.90 Å². The number of amides is 3. The van der Waals surface area contributed by atoms with Gasteiger partial charge in [-0.1, -0.05) is 181 Å². The van der Waals surface area contributed by atoms with Gasteiger partial charge in [0.2, 0.25) is 0 Å². The van der Waals surface area contributed by atoms with E-state index in [9.17, 15) is 34.2 Å². The number of halogens is 3. The van der Waals surface area contributed by atoms with Crippen LogP contribution in [0.15, 0.2) is 194 Å². The van der Waals surface area contributed by atoms with Crippen LogP contribution in [-0.2, 0) is 30.7 Å². The quantitative estimate of drug-likeness (QED) is 0.101. The summed E-state index contributed by atoms with van der Waals surface area (Å²) >= 11 is 13.3. The van der Waals surface area contributed by atoms with Crippen molar-refractivity contribution in [1.82, 2.24) is 10.2 Å². The molecule has 10 rings (SSSR count). The Morgan fingerprint density at radius 3 is 1.43 bits per heavy atom. The predicted molar refractivity (Wildman–Crippen MR) is 347 cm³/mol. The van der Waals surface area contributed by atoms with E-state index in [2.05, 4.69) is 5.32 Å². The molecule has 436 valence electrons. The van der Waals surface area contributed by atoms with Crippen molar-refractivity contribution >= 4 is 103 Å². The third-order valence-corrected chi connectivity index (χ3v) is 14.8. The lowest BCUT2D eigenvalue weighted by Gasteiger charge is -2.32. The van der Waals surface area contributed by atoms with Gasteiger partial charge in [-0.15, -0.1) is 12.4 Å². The highest BCUT2D eigenvalue weighted by Crippen LogP contribution is 2.34. The second kappa shape index (κ2) is 30.0. The van der Waals surface area contributed by atoms with Crippen LogP contribution < -0.4 is 15.1 Å². The van der Waals surface area contributed by atoms with Crippen molar-refractivity contribution in [3.8, 4) is 22.3 Å². The lowest BCUT2D eigenvalue weighted by molar-refractivity contribution is 0.00862. The molecule has 12 nitrogen and oxygen atoms in total. The number of ether oxygens (including phenoxy) is 1. The van der Waals surface area contributed by atoms with E-state index < -0.39 is 17.7 Å². The monoisotopic (exact) mass is 1220 g/mol. The van der Waals surface area contributed by atoms with Gasteiger partial charge in [0.15, 0.2) is 11.6 Å². The Balaban J connectivity index is 0.000000263. The number of nitrogens with zero attached hydrogens (tertiary/aromatic N) is 3. The first kappa shape index (κ1) is 65.9. The Kier molecular flexibility index (Phi) is 23.6. The molecule has 17 heteroatoms. The second-order valence-corrected chi connectivity index (χ2v) is 21.8. The van der Waals surface area contributed by atoms with E-state index in [-0.39, 0.29) is 119 Å². The van der Waals surface area contributed by atoms with Crippen LogP contribution in [0.2, 0.25) is 10.0 Å². The molecule has 2 aliphatic heterocycles. The van der Waals surface area contributed by atoms with Crippen molar-refractivity contribution in [1.29, 1.82) is 0 Å². The zero-order chi connectivity index (χ0) is 57.2. The number of carbonyl (C=O) groups excluding carboxylic acids is 5. The number of hydrogen-bond donors (Lipinski definition) is 3. The van der Waals surface area contributed by atoms with E-state index in [4.69, 9.17) is 27.9 Å². The average Bonchev–Trinajstić information content (AvgIpc) is 3.84. The number of carbonyl (C=O) groups is 5. The third kappa shape index (κ3) is 15.7. The largest absolute Gasteiger partial charge is 0.444 e. The molecule has 8 aromatic carbocycles. The van der Waals surface area contributed by atoms with Gasteiger partial charge in [-0.2, -0.15) is 27.0 Å². The number of anilines is 2. The summed E-state index contributed by atoms with van der Waals surface area (Å²) in [5, 5.41) is 23.9. The average molecular weight is 1230 g/mol. The maximum Gasteiger partial charge on any atom is 0.410 e. The molecule has 84 heavy (non-hydrogen) atoms. The van der Waals surface area contributed by atoms with Crippen LogP contribution in [0.25, 0.3) is 22.3 Å². The number of benzene rings is 8. The number of Topliss-reactive ketones (excluding diaryl/α,β-unsaturated/α-hetero) is 2. The summed E-state index contributed by atoms with van der Waals surface area (Å²) in [4.78, 5) is 72.1. The zero-order valence-electron chi connectivity index (χ0n) is 46.6. The van der Waals surface area contributed by atoms with E-state index in [1.807, 2.05) is 158 Å². The smallest absolute Gasteiger partial charge is 0.410 e. The summed E-state index contributed by atoms with van der Waals surface area (Å²) in [5.41, 5.74) is 9.37. The third-order valence-electron chi connectivity index (χ3n) is 14.2. The minimum atomic E-state index is -0.724. The molecule has 0 unspecified atom stereocenters. The maximum atomic E-state index is 14.0. The van der Waals surface area contributed by atoms with Gasteiger partial charge in [-0.25, -0.2) is 4.79 Å². The van der Waals surface area contributed by atoms with Crippen molar-refractivity contribution in [2.24, 2.45) is 0 Å². The standard InChI is InChI=1S/C36H35ClN2O5.C31H27ClN2O3.ClH.2H2S/c1-36(2,3)44-35(43)38-21-26-13-7-10-16-32(26)39(22-27(38)23-40)34(42)30-18-17-24(19-31(30)37)20-33(41)29-15-9-8-14-28(29)25-11-5-4-6-12-25;32-28-16-21(17-30(36)26-12-6-5-11-25(26)22-8-2-1-3-9-22)14-15-27(28)31(37)34-19-24(20-35)33-18-23-10-4-7-13-29(23)34;;;/h4-19,27,40H,20-23H2,1-3H3;1-16,24,33,35H,17-20H2;1H;2*1H2/t27-;24-;;;/m00.../s1. The van der Waals surface area contributed by atoms with Gasteiger partial charge >= 0.3 is 6.09 Å². The summed E-state index contributed by atoms with van der Waals surface area (Å²) in [7, 11) is 0. The lowest BCUT2D eigenvalue weighted by atomic mass is 9.94. The van der Waals surface area contributed by atoms with Crippen LogP contribution in [0.5, 0.6) is 0 Å². The normalized spacial score (nSPS) is 14.4. The maximum absolute atomic E-state index is 14.0. The topological polar surface area (TPSA) is 157 Å². The Hall–Kier alpha value is -7.24. The molecule has 2 atom stereocenters. The molecule has 2 aliphatic rings. The van der Waals surface area contributed by atoms with Gasteiger partial charge in [0.25, 0.3) is 11.8 Å². The Morgan fingerprint density at radius 2 is 0.964 bits per heavy atom. The van der Waals surface area contributed by atoms with Crippen molar-refractivity contribution in [3.05, 3.63) is 249 Å². The summed E-state index contributed by atoms with van der Waals surface area (Å²) in [6, 6.07) is 58.9. The molecule has 3 N–H and O–H groups in total. The van der Waals surface area contributed by atoms with Crippen molar-refractivity contribution < 1.29 is 38.9 Å². The molecule has 0 bridgehead atoms. The number of nitrogens with one attached hydrogen (secondary N) is 1. The van der Waals surface area contributed by atoms with Crippen LogP contribution in [0, 0.1) is 0 Å². The molecule has 0 saturated heterocycles. The number of para-hydroxylation sites is 2. The number of ketones is 2. The molecule has 0 spiro atoms. The minimum Gasteiger partial charge on any atom is -0.444 e. The van der Waals surface area contributed by atoms with Gasteiger partial charge in [0.1, 0.15) is 5.60 Å². The molecule has 0 aliphatic carbocycles. The Morgan fingerprint density at radius 1 is 0.536 bits per heavy atom. The van der Waals surface area contributed by atoms with Gasteiger partial charge in [0, 0.05) is 61.0 Å². The Bertz CT molecular complexity index is 3610. The van der Waals surface area contributed by atoms with Crippen molar-refractivity contribution in [3.63, 3.8) is 0 Å². The van der Waals surface area contributed by atoms with Crippen molar-refractivity contribution in [2.75, 3.05) is 36.1 Å². The molecule has 0 radical (unpaired) electrons. The Labute approximate surface area is 520 Å². The van der Waals surface area contributed by atoms with Crippen LogP contribution in [0.1, 0.15) is 84.5 Å². The molecule has 0 saturated carbocycles. The first-order valence-corrected chi connectivity index (χ1v) is 27.5. The summed E-state index contributed by atoms with van der Waals surface area (Å²) in [6.07, 6.45) is -0.287. The van der Waals surface area contributed by atoms with E-state index in [1.54, 1.807) is 67.0 Å². The lowest BCUT2D eigenvalue weighted by Crippen LogP contribution is -2.49. The number of fused-ring (bicyclic) bond motifs is 2. The van der Waals surface area contributed by atoms with Crippen LogP contribution in [0.4, 0.5) is 16.2 Å². The van der Waals surface area contributed by atoms with Gasteiger partial charge in [0.05, 0.1) is 47.0 Å². The summed E-state index contributed by atoms with van der Waals surface area (Å²) in [6.45, 7) is 5.97. The number of hydrogen-bond acceptors (Lipinski definition) is 9. The number of aliphatic hydroxyl groups excluding tert-OH is 2. The number of aliphatic hydroxyl groups is 2. The van der Waals surface area contributed by atoms with Crippen LogP contribution >= 0.6 is 62.6 Å². The fourth-order valence-corrected chi connectivity index (χ4v) is 10.7. The number of rotatable bonds is 12. The molecular weight excluding hydrogens is 1160 g/mol. The summed E-state index contributed by atoms with van der Waals surface area (Å²) in [5.74, 6) is -0.701. The fourth-order valence-electron chi connectivity index (χ4n) is 10.1. The summed E-state index contributed by atoms with van der Waals surface area (Å²) < 4.78 is 5.61. The molecule has 8 aromatic rings. The van der Waals surface area contributed by atoms with Crippen molar-refractivity contribution in [2.45, 2.75) is 64.4 Å². The highest BCUT2D eigenvalue weighted by atomic mass is 35.5. The van der Waals surface area contributed by atoms with Crippen LogP contribution in [0.3, 0.4) is 0 Å². The van der Waals surface area contributed by atoms with Gasteiger partial charge < -0.3 is 30.1 Å². The highest BCUT2D eigenvalue weighted by Gasteiger charge is 2.36. The SMILES string of the molecule is CC(C)(C)OC(=O)N1Cc2ccccc2N(C(=O)c2ccc(CC(=O)c3ccccc3-c3ccccc3)cc2Cl)C[C@H]1CO.Cl.O=C(Cc1ccc(C(=O)N2C[C@@H](CO)NCc3ccccc32)c(Cl)c1)c1ccccc1-c1ccccc1.S.S. The molecule has 3 amide bonds. The highest BCUT2D eigenvalue weighted by molar-refractivity contribution is 7.59. The molecule has 2 heterocycles. The minimum absolute atomic E-state index is 0. The van der Waals surface area contributed by atoms with E-state index >= 15 is 0 Å². The zero-order valence-corrected chi connectivity index (χ0v) is 51.0. The fraction of sp³-hybridized carbons (Fsp3) is 0.209. The second-order valence-electron chi connectivity index (χ2n) is 20.9. The van der Waals surface area contributed by atoms with Gasteiger partial charge in [-0.3, -0.25) is 24.1 Å². The first-order chi connectivity index (χ1) is 39.1. The predicted octanol–water partition coefficient (Wildman–Crippen LogP) is 13.4. The molecule has 0 fully saturated rings. The van der Waals surface area contributed by atoms with Crippen LogP contribution in [-0.4, -0.2) is 88.6 Å². The first-order valence-electron chi connectivity index (χ1n) is 26.8. The van der Waals surface area contributed by atoms with Gasteiger partial charge in [-0.05, 0) is 102 Å².